The Bertz CT molecular complexity index is 1100. The lowest BCUT2D eigenvalue weighted by Gasteiger charge is -2.12. The van der Waals surface area contributed by atoms with Crippen molar-refractivity contribution in [1.82, 2.24) is 0 Å². The predicted octanol–water partition coefficient (Wildman–Crippen LogP) is 6.07. The third kappa shape index (κ3) is 4.32. The van der Waals surface area contributed by atoms with Crippen LogP contribution in [-0.2, 0) is 6.18 Å². The number of benzene rings is 3. The van der Waals surface area contributed by atoms with Crippen molar-refractivity contribution in [3.8, 4) is 22.6 Å². The highest BCUT2D eigenvalue weighted by Gasteiger charge is 2.32. The van der Waals surface area contributed by atoms with E-state index in [1.807, 2.05) is 13.0 Å². The topological polar surface area (TPSA) is 57.5 Å². The fourth-order valence-corrected chi connectivity index (χ4v) is 3.07. The quantitative estimate of drug-likeness (QED) is 0.318. The van der Waals surface area contributed by atoms with Gasteiger partial charge in [0.1, 0.15) is 6.29 Å². The number of hydrogen-bond acceptors (Lipinski definition) is 3. The minimum atomic E-state index is -4.54. The Kier molecular flexibility index (Phi) is 5.46. The normalized spacial score (nSPS) is 11.7. The van der Waals surface area contributed by atoms with Crippen LogP contribution >= 0.6 is 0 Å². The molecule has 0 heterocycles. The summed E-state index contributed by atoms with van der Waals surface area (Å²) in [7, 11) is 0. The number of phenols is 2. The van der Waals surface area contributed by atoms with Crippen molar-refractivity contribution in [1.29, 1.82) is 0 Å². The Morgan fingerprint density at radius 2 is 1.59 bits per heavy atom. The number of phenolic OH excluding ortho intramolecular Hbond substituents is 2. The van der Waals surface area contributed by atoms with Crippen molar-refractivity contribution in [2.24, 2.45) is 0 Å². The summed E-state index contributed by atoms with van der Waals surface area (Å²) in [5.41, 5.74) is 2.12. The zero-order valence-electron chi connectivity index (χ0n) is 15.4. The van der Waals surface area contributed by atoms with Crippen LogP contribution in [-0.4, -0.2) is 16.5 Å². The number of carbonyl (C=O) groups excluding carboxylic acids is 1. The van der Waals surface area contributed by atoms with Gasteiger partial charge in [-0.3, -0.25) is 4.79 Å². The second-order valence-corrected chi connectivity index (χ2v) is 6.52. The summed E-state index contributed by atoms with van der Waals surface area (Å²) in [5.74, 6) is -0.500. The van der Waals surface area contributed by atoms with Crippen LogP contribution in [0.1, 0.15) is 32.6 Å². The molecule has 2 N–H and O–H groups in total. The lowest BCUT2D eigenvalue weighted by molar-refractivity contribution is -0.137. The molecule has 0 unspecified atom stereocenters. The fraction of sp³-hybridized carbons (Fsp3) is 0.0870. The first-order valence-corrected chi connectivity index (χ1v) is 8.67. The van der Waals surface area contributed by atoms with Crippen LogP contribution < -0.4 is 0 Å². The van der Waals surface area contributed by atoms with Crippen molar-refractivity contribution in [3.05, 3.63) is 82.4 Å². The highest BCUT2D eigenvalue weighted by molar-refractivity contribution is 5.81. The highest BCUT2D eigenvalue weighted by Crippen LogP contribution is 2.35. The molecule has 0 fully saturated rings. The SMILES string of the molecule is Cc1c(/C=C/c2cc(C=O)ccc2C(F)(F)F)cccc1-c1ccc(O)c(O)c1. The molecule has 3 aromatic carbocycles. The third-order valence-electron chi connectivity index (χ3n) is 4.62. The van der Waals surface area contributed by atoms with Crippen molar-refractivity contribution in [3.63, 3.8) is 0 Å². The molecule has 0 saturated carbocycles. The predicted molar refractivity (Wildman–Crippen MR) is 106 cm³/mol. The van der Waals surface area contributed by atoms with E-state index in [1.54, 1.807) is 24.3 Å². The minimum absolute atomic E-state index is 0.103. The maximum Gasteiger partial charge on any atom is 0.416 e. The van der Waals surface area contributed by atoms with E-state index in [0.29, 0.717) is 17.4 Å². The fourth-order valence-electron chi connectivity index (χ4n) is 3.07. The number of rotatable bonds is 4. The third-order valence-corrected chi connectivity index (χ3v) is 4.62. The number of aldehydes is 1. The molecule has 148 valence electrons. The van der Waals surface area contributed by atoms with Crippen LogP contribution in [0.2, 0.25) is 0 Å². The summed E-state index contributed by atoms with van der Waals surface area (Å²) in [4.78, 5) is 11.0. The standard InChI is InChI=1S/C23H17F3O3/c1-14-16(3-2-4-19(14)17-8-10-21(28)22(29)12-17)6-7-18-11-15(13-27)5-9-20(18)23(24,25)26/h2-13,28-29H,1H3/b7-6+. The first kappa shape index (κ1) is 20.2. The second-order valence-electron chi connectivity index (χ2n) is 6.52. The molecule has 29 heavy (non-hydrogen) atoms. The molecule has 0 bridgehead atoms. The monoisotopic (exact) mass is 398 g/mol. The van der Waals surface area contributed by atoms with Gasteiger partial charge in [-0.2, -0.15) is 13.2 Å². The highest BCUT2D eigenvalue weighted by atomic mass is 19.4. The number of alkyl halides is 3. The minimum Gasteiger partial charge on any atom is -0.504 e. The van der Waals surface area contributed by atoms with E-state index in [2.05, 4.69) is 0 Å². The van der Waals surface area contributed by atoms with Gasteiger partial charge in [0.05, 0.1) is 5.56 Å². The van der Waals surface area contributed by atoms with Gasteiger partial charge in [-0.15, -0.1) is 0 Å². The summed E-state index contributed by atoms with van der Waals surface area (Å²) in [6.45, 7) is 1.81. The molecule has 0 aliphatic rings. The molecule has 0 radical (unpaired) electrons. The summed E-state index contributed by atoms with van der Waals surface area (Å²) < 4.78 is 39.8. The lowest BCUT2D eigenvalue weighted by Crippen LogP contribution is -2.07. The van der Waals surface area contributed by atoms with Crippen LogP contribution in [0.25, 0.3) is 23.3 Å². The van der Waals surface area contributed by atoms with Gasteiger partial charge in [0.25, 0.3) is 0 Å². The summed E-state index contributed by atoms with van der Waals surface area (Å²) in [6, 6.07) is 13.0. The largest absolute Gasteiger partial charge is 0.504 e. The van der Waals surface area contributed by atoms with Crippen molar-refractivity contribution in [2.45, 2.75) is 13.1 Å². The average molecular weight is 398 g/mol. The van der Waals surface area contributed by atoms with Gasteiger partial charge in [-0.05, 0) is 59.0 Å². The van der Waals surface area contributed by atoms with E-state index in [1.165, 1.54) is 24.3 Å². The first-order valence-electron chi connectivity index (χ1n) is 8.67. The molecule has 0 saturated heterocycles. The van der Waals surface area contributed by atoms with Gasteiger partial charge in [0, 0.05) is 5.56 Å². The molecular weight excluding hydrogens is 381 g/mol. The van der Waals surface area contributed by atoms with Gasteiger partial charge in [-0.1, -0.05) is 42.5 Å². The summed E-state index contributed by atoms with van der Waals surface area (Å²) in [6.07, 6.45) is -1.16. The van der Waals surface area contributed by atoms with E-state index in [9.17, 15) is 28.2 Å². The van der Waals surface area contributed by atoms with Crippen LogP contribution in [0.4, 0.5) is 13.2 Å². The molecule has 3 nitrogen and oxygen atoms in total. The molecule has 0 atom stereocenters. The zero-order valence-corrected chi connectivity index (χ0v) is 15.4. The summed E-state index contributed by atoms with van der Waals surface area (Å²) >= 11 is 0. The molecule has 0 spiro atoms. The van der Waals surface area contributed by atoms with E-state index >= 15 is 0 Å². The maximum atomic E-state index is 13.3. The number of aromatic hydroxyl groups is 2. The smallest absolute Gasteiger partial charge is 0.416 e. The lowest BCUT2D eigenvalue weighted by atomic mass is 9.95. The Labute approximate surface area is 165 Å². The summed E-state index contributed by atoms with van der Waals surface area (Å²) in [5, 5.41) is 19.2. The van der Waals surface area contributed by atoms with Gasteiger partial charge in [-0.25, -0.2) is 0 Å². The van der Waals surface area contributed by atoms with E-state index in [-0.39, 0.29) is 22.6 Å². The Morgan fingerprint density at radius 3 is 2.24 bits per heavy atom. The molecule has 6 heteroatoms. The van der Waals surface area contributed by atoms with E-state index in [0.717, 1.165) is 23.3 Å². The Hall–Kier alpha value is -3.54. The average Bonchev–Trinajstić information content (AvgIpc) is 2.68. The van der Waals surface area contributed by atoms with E-state index < -0.39 is 11.7 Å². The molecule has 3 aromatic rings. The molecule has 0 aliphatic carbocycles. The van der Waals surface area contributed by atoms with Gasteiger partial charge in [0.2, 0.25) is 0 Å². The Morgan fingerprint density at radius 1 is 0.862 bits per heavy atom. The van der Waals surface area contributed by atoms with Crippen LogP contribution in [0.15, 0.2) is 54.6 Å². The second kappa shape index (κ2) is 7.83. The first-order chi connectivity index (χ1) is 13.7. The van der Waals surface area contributed by atoms with Crippen molar-refractivity contribution in [2.75, 3.05) is 0 Å². The molecule has 0 aliphatic heterocycles. The molecule has 3 rings (SSSR count). The number of hydrogen-bond donors (Lipinski definition) is 2. The molecular formula is C23H17F3O3. The van der Waals surface area contributed by atoms with Crippen molar-refractivity contribution < 1.29 is 28.2 Å². The zero-order chi connectivity index (χ0) is 21.2. The van der Waals surface area contributed by atoms with Crippen LogP contribution in [0, 0.1) is 6.92 Å². The van der Waals surface area contributed by atoms with Crippen molar-refractivity contribution >= 4 is 18.4 Å². The number of halogens is 3. The van der Waals surface area contributed by atoms with Gasteiger partial charge in [0.15, 0.2) is 11.5 Å². The maximum absolute atomic E-state index is 13.3. The molecule has 0 aromatic heterocycles. The molecule has 0 amide bonds. The van der Waals surface area contributed by atoms with E-state index in [4.69, 9.17) is 0 Å². The number of carbonyl (C=O) groups is 1. The van der Waals surface area contributed by atoms with Crippen LogP contribution in [0.3, 0.4) is 0 Å². The van der Waals surface area contributed by atoms with Gasteiger partial charge >= 0.3 is 6.18 Å². The Balaban J connectivity index is 2.04. The van der Waals surface area contributed by atoms with Gasteiger partial charge < -0.3 is 10.2 Å². The van der Waals surface area contributed by atoms with Crippen LogP contribution in [0.5, 0.6) is 11.5 Å².